The minimum atomic E-state index is 0.396. The number of halogens is 1. The third kappa shape index (κ3) is 4.09. The first-order valence-electron chi connectivity index (χ1n) is 8.98. The van der Waals surface area contributed by atoms with Crippen LogP contribution in [0.5, 0.6) is 0 Å². The van der Waals surface area contributed by atoms with Crippen molar-refractivity contribution in [3.05, 3.63) is 64.9 Å². The van der Waals surface area contributed by atoms with E-state index in [0.29, 0.717) is 6.54 Å². The summed E-state index contributed by atoms with van der Waals surface area (Å²) >= 11 is 3.48. The molecule has 1 fully saturated rings. The Labute approximate surface area is 167 Å². The summed E-state index contributed by atoms with van der Waals surface area (Å²) in [6, 6.07) is 16.1. The second-order valence-electron chi connectivity index (χ2n) is 6.42. The molecule has 0 bridgehead atoms. The first-order valence-corrected chi connectivity index (χ1v) is 9.77. The van der Waals surface area contributed by atoms with E-state index in [2.05, 4.69) is 47.8 Å². The quantitative estimate of drug-likeness (QED) is 0.693. The van der Waals surface area contributed by atoms with Crippen LogP contribution in [0.15, 0.2) is 59.2 Å². The van der Waals surface area contributed by atoms with Crippen molar-refractivity contribution in [2.45, 2.75) is 6.54 Å². The smallest absolute Gasteiger partial charge is 0.226 e. The maximum Gasteiger partial charge on any atom is 0.226 e. The van der Waals surface area contributed by atoms with Gasteiger partial charge in [-0.25, -0.2) is 15.0 Å². The molecule has 1 aromatic carbocycles. The van der Waals surface area contributed by atoms with E-state index in [-0.39, 0.29) is 0 Å². The zero-order valence-electron chi connectivity index (χ0n) is 14.9. The molecule has 6 nitrogen and oxygen atoms in total. The van der Waals surface area contributed by atoms with Gasteiger partial charge in [0.1, 0.15) is 5.82 Å². The Kier molecular flexibility index (Phi) is 5.31. The summed E-state index contributed by atoms with van der Waals surface area (Å²) in [6.45, 7) is 3.88. The Morgan fingerprint density at radius 1 is 0.926 bits per heavy atom. The zero-order chi connectivity index (χ0) is 18.6. The number of anilines is 2. The molecule has 0 spiro atoms. The van der Waals surface area contributed by atoms with E-state index in [1.165, 1.54) is 0 Å². The van der Waals surface area contributed by atoms with Crippen LogP contribution in [0.25, 0.3) is 11.3 Å². The van der Waals surface area contributed by atoms with Gasteiger partial charge in [0.05, 0.1) is 11.4 Å². The summed E-state index contributed by atoms with van der Waals surface area (Å²) < 4.78 is 1.05. The molecule has 1 saturated heterocycles. The zero-order valence-corrected chi connectivity index (χ0v) is 16.5. The summed E-state index contributed by atoms with van der Waals surface area (Å²) in [6.07, 6.45) is 1.83. The number of pyridine rings is 1. The number of rotatable bonds is 4. The van der Waals surface area contributed by atoms with Crippen molar-refractivity contribution in [3.8, 4) is 11.3 Å². The highest BCUT2D eigenvalue weighted by atomic mass is 79.9. The van der Waals surface area contributed by atoms with Crippen LogP contribution in [-0.4, -0.2) is 41.1 Å². The predicted molar refractivity (Wildman–Crippen MR) is 112 cm³/mol. The van der Waals surface area contributed by atoms with E-state index < -0.39 is 0 Å². The summed E-state index contributed by atoms with van der Waals surface area (Å²) in [4.78, 5) is 18.4. The van der Waals surface area contributed by atoms with Gasteiger partial charge in [-0.05, 0) is 30.3 Å². The molecule has 0 radical (unpaired) electrons. The SMILES string of the molecule is NCc1cc(-c2ccc(Br)cc2)nc(N2CCN(c3ccccn3)CC2)n1. The van der Waals surface area contributed by atoms with E-state index >= 15 is 0 Å². The van der Waals surface area contributed by atoms with Gasteiger partial charge >= 0.3 is 0 Å². The maximum absolute atomic E-state index is 5.88. The third-order valence-electron chi connectivity index (χ3n) is 4.65. The minimum Gasteiger partial charge on any atom is -0.353 e. The molecule has 1 aliphatic rings. The molecule has 0 unspecified atom stereocenters. The lowest BCUT2D eigenvalue weighted by molar-refractivity contribution is 0.633. The molecule has 1 aliphatic heterocycles. The summed E-state index contributed by atoms with van der Waals surface area (Å²) in [5, 5.41) is 0. The second-order valence-corrected chi connectivity index (χ2v) is 7.33. The molecule has 3 heterocycles. The molecule has 7 heteroatoms. The van der Waals surface area contributed by atoms with E-state index in [9.17, 15) is 0 Å². The lowest BCUT2D eigenvalue weighted by Gasteiger charge is -2.35. The predicted octanol–water partition coefficient (Wildman–Crippen LogP) is 3.09. The van der Waals surface area contributed by atoms with Gasteiger partial charge < -0.3 is 15.5 Å². The largest absolute Gasteiger partial charge is 0.353 e. The van der Waals surface area contributed by atoms with Gasteiger partial charge in [0.25, 0.3) is 0 Å². The van der Waals surface area contributed by atoms with Crippen LogP contribution in [0, 0.1) is 0 Å². The van der Waals surface area contributed by atoms with Crippen LogP contribution in [0.1, 0.15) is 5.69 Å². The second kappa shape index (κ2) is 8.02. The molecular formula is C20H21BrN6. The fourth-order valence-corrected chi connectivity index (χ4v) is 3.44. The fourth-order valence-electron chi connectivity index (χ4n) is 3.17. The van der Waals surface area contributed by atoms with Gasteiger partial charge in [-0.15, -0.1) is 0 Å². The highest BCUT2D eigenvalue weighted by molar-refractivity contribution is 9.10. The lowest BCUT2D eigenvalue weighted by Crippen LogP contribution is -2.47. The molecule has 27 heavy (non-hydrogen) atoms. The molecular weight excluding hydrogens is 404 g/mol. The van der Waals surface area contributed by atoms with Crippen molar-refractivity contribution >= 4 is 27.7 Å². The van der Waals surface area contributed by atoms with Crippen molar-refractivity contribution in [2.24, 2.45) is 5.73 Å². The molecule has 138 valence electrons. The van der Waals surface area contributed by atoms with E-state index in [4.69, 9.17) is 10.7 Å². The van der Waals surface area contributed by atoms with Crippen LogP contribution in [0.3, 0.4) is 0 Å². The van der Waals surface area contributed by atoms with Crippen molar-refractivity contribution in [1.29, 1.82) is 0 Å². The van der Waals surface area contributed by atoms with Crippen LogP contribution >= 0.6 is 15.9 Å². The standard InChI is InChI=1S/C20H21BrN6/c21-16-6-4-15(5-7-16)18-13-17(14-22)24-20(25-18)27-11-9-26(10-12-27)19-3-1-2-8-23-19/h1-8,13H,9-12,14,22H2. The van der Waals surface area contributed by atoms with Gasteiger partial charge in [0.15, 0.2) is 0 Å². The van der Waals surface area contributed by atoms with Crippen LogP contribution in [-0.2, 0) is 6.54 Å². The first kappa shape index (κ1) is 17.9. The molecule has 0 atom stereocenters. The van der Waals surface area contributed by atoms with Gasteiger partial charge in [-0.1, -0.05) is 34.1 Å². The van der Waals surface area contributed by atoms with Crippen LogP contribution in [0.4, 0.5) is 11.8 Å². The van der Waals surface area contributed by atoms with Gasteiger partial charge in [-0.2, -0.15) is 0 Å². The van der Waals surface area contributed by atoms with E-state index in [1.807, 2.05) is 42.6 Å². The Balaban J connectivity index is 1.55. The van der Waals surface area contributed by atoms with E-state index in [0.717, 1.165) is 59.4 Å². The van der Waals surface area contributed by atoms with Gasteiger partial charge in [-0.3, -0.25) is 0 Å². The molecule has 0 amide bonds. The highest BCUT2D eigenvalue weighted by Crippen LogP contribution is 2.24. The average molecular weight is 425 g/mol. The Morgan fingerprint density at radius 2 is 1.67 bits per heavy atom. The summed E-state index contributed by atoms with van der Waals surface area (Å²) in [7, 11) is 0. The number of piperazine rings is 1. The number of hydrogen-bond donors (Lipinski definition) is 1. The molecule has 3 aromatic rings. The topological polar surface area (TPSA) is 71.2 Å². The Bertz CT molecular complexity index is 892. The third-order valence-corrected chi connectivity index (χ3v) is 5.18. The molecule has 2 N–H and O–H groups in total. The van der Waals surface area contributed by atoms with Crippen LogP contribution < -0.4 is 15.5 Å². The van der Waals surface area contributed by atoms with E-state index in [1.54, 1.807) is 0 Å². The number of aromatic nitrogens is 3. The Hall–Kier alpha value is -2.51. The molecule has 0 saturated carbocycles. The fraction of sp³-hybridized carbons (Fsp3) is 0.250. The van der Waals surface area contributed by atoms with Crippen molar-refractivity contribution in [2.75, 3.05) is 36.0 Å². The minimum absolute atomic E-state index is 0.396. The number of nitrogens with two attached hydrogens (primary N) is 1. The van der Waals surface area contributed by atoms with Gasteiger partial charge in [0, 0.05) is 49.0 Å². The number of nitrogens with zero attached hydrogens (tertiary/aromatic N) is 5. The molecule has 4 rings (SSSR count). The number of hydrogen-bond acceptors (Lipinski definition) is 6. The first-order chi connectivity index (χ1) is 13.2. The van der Waals surface area contributed by atoms with Crippen LogP contribution in [0.2, 0.25) is 0 Å². The highest BCUT2D eigenvalue weighted by Gasteiger charge is 2.21. The lowest BCUT2D eigenvalue weighted by atomic mass is 10.1. The maximum atomic E-state index is 5.88. The van der Waals surface area contributed by atoms with Crippen molar-refractivity contribution < 1.29 is 0 Å². The normalized spacial score (nSPS) is 14.4. The Morgan fingerprint density at radius 3 is 2.33 bits per heavy atom. The molecule has 2 aromatic heterocycles. The van der Waals surface area contributed by atoms with Crippen molar-refractivity contribution in [1.82, 2.24) is 15.0 Å². The van der Waals surface area contributed by atoms with Crippen molar-refractivity contribution in [3.63, 3.8) is 0 Å². The summed E-state index contributed by atoms with van der Waals surface area (Å²) in [5.41, 5.74) is 8.70. The monoisotopic (exact) mass is 424 g/mol. The van der Waals surface area contributed by atoms with Gasteiger partial charge in [0.2, 0.25) is 5.95 Å². The molecule has 0 aliphatic carbocycles. The number of benzene rings is 1. The summed E-state index contributed by atoms with van der Waals surface area (Å²) in [5.74, 6) is 1.76. The average Bonchev–Trinajstić information content (AvgIpc) is 2.74.